The molecule has 0 aliphatic carbocycles. The Labute approximate surface area is 115 Å². The molecular weight excluding hydrogens is 240 g/mol. The third-order valence-electron chi connectivity index (χ3n) is 3.29. The summed E-state index contributed by atoms with van der Waals surface area (Å²) in [5.41, 5.74) is 8.92. The molecule has 0 saturated carbocycles. The van der Waals surface area contributed by atoms with Crippen molar-refractivity contribution in [3.05, 3.63) is 23.8 Å². The Hall–Kier alpha value is -0.670. The van der Waals surface area contributed by atoms with Gasteiger partial charge in [0.05, 0.1) is 5.69 Å². The second-order valence-corrected chi connectivity index (χ2v) is 7.34. The van der Waals surface area contributed by atoms with Crippen molar-refractivity contribution < 1.29 is 0 Å². The predicted octanol–water partition coefficient (Wildman–Crippen LogP) is 3.24. The van der Waals surface area contributed by atoms with Gasteiger partial charge in [0, 0.05) is 29.8 Å². The monoisotopic (exact) mass is 264 g/mol. The van der Waals surface area contributed by atoms with E-state index >= 15 is 0 Å². The van der Waals surface area contributed by atoms with Crippen molar-refractivity contribution in [2.24, 2.45) is 5.73 Å². The summed E-state index contributed by atoms with van der Waals surface area (Å²) < 4.78 is 0. The molecule has 100 valence electrons. The van der Waals surface area contributed by atoms with Crippen molar-refractivity contribution in [2.75, 3.05) is 23.7 Å². The Kier molecular flexibility index (Phi) is 3.93. The first-order chi connectivity index (χ1) is 8.38. The van der Waals surface area contributed by atoms with E-state index in [2.05, 4.69) is 50.8 Å². The van der Waals surface area contributed by atoms with E-state index in [0.29, 0.717) is 0 Å². The number of benzene rings is 1. The highest BCUT2D eigenvalue weighted by molar-refractivity contribution is 7.99. The Morgan fingerprint density at radius 2 is 2.11 bits per heavy atom. The molecule has 3 heteroatoms. The minimum Gasteiger partial charge on any atom is -0.368 e. The van der Waals surface area contributed by atoms with Crippen molar-refractivity contribution in [1.29, 1.82) is 0 Å². The van der Waals surface area contributed by atoms with Crippen molar-refractivity contribution >= 4 is 17.4 Å². The second kappa shape index (κ2) is 5.14. The van der Waals surface area contributed by atoms with Crippen LogP contribution in [0.2, 0.25) is 0 Å². The molecule has 1 aromatic rings. The fraction of sp³-hybridized carbons (Fsp3) is 0.600. The van der Waals surface area contributed by atoms with Gasteiger partial charge in [0.15, 0.2) is 0 Å². The molecule has 2 rings (SSSR count). The fourth-order valence-corrected chi connectivity index (χ4v) is 3.37. The van der Waals surface area contributed by atoms with Crippen LogP contribution < -0.4 is 10.6 Å². The van der Waals surface area contributed by atoms with Crippen molar-refractivity contribution in [3.8, 4) is 0 Å². The van der Waals surface area contributed by atoms with E-state index < -0.39 is 0 Å². The van der Waals surface area contributed by atoms with Gasteiger partial charge >= 0.3 is 0 Å². The summed E-state index contributed by atoms with van der Waals surface area (Å²) in [4.78, 5) is 3.83. The van der Waals surface area contributed by atoms with Gasteiger partial charge in [0.2, 0.25) is 0 Å². The predicted molar refractivity (Wildman–Crippen MR) is 81.7 cm³/mol. The highest BCUT2D eigenvalue weighted by Gasteiger charge is 2.21. The van der Waals surface area contributed by atoms with Crippen LogP contribution in [0, 0.1) is 0 Å². The highest BCUT2D eigenvalue weighted by atomic mass is 32.2. The van der Waals surface area contributed by atoms with E-state index in [1.807, 2.05) is 11.8 Å². The molecule has 2 nitrogen and oxygen atoms in total. The molecule has 1 heterocycles. The van der Waals surface area contributed by atoms with Gasteiger partial charge in [0.25, 0.3) is 0 Å². The smallest absolute Gasteiger partial charge is 0.0505 e. The lowest BCUT2D eigenvalue weighted by atomic mass is 9.87. The van der Waals surface area contributed by atoms with Gasteiger partial charge in [-0.3, -0.25) is 0 Å². The van der Waals surface area contributed by atoms with E-state index in [9.17, 15) is 0 Å². The van der Waals surface area contributed by atoms with E-state index in [1.165, 1.54) is 16.1 Å². The van der Waals surface area contributed by atoms with E-state index in [0.717, 1.165) is 18.8 Å². The highest BCUT2D eigenvalue weighted by Crippen LogP contribution is 2.37. The molecule has 0 spiro atoms. The summed E-state index contributed by atoms with van der Waals surface area (Å²) in [6.07, 6.45) is 0. The minimum absolute atomic E-state index is 0.221. The molecule has 0 saturated heterocycles. The van der Waals surface area contributed by atoms with Crippen LogP contribution in [0.3, 0.4) is 0 Å². The number of nitrogens with zero attached hydrogens (tertiary/aromatic N) is 1. The first kappa shape index (κ1) is 13.8. The van der Waals surface area contributed by atoms with Gasteiger partial charge in [-0.05, 0) is 30.0 Å². The fourth-order valence-electron chi connectivity index (χ4n) is 2.28. The summed E-state index contributed by atoms with van der Waals surface area (Å²) in [5, 5.41) is 0. The van der Waals surface area contributed by atoms with Crippen LogP contribution in [0.4, 0.5) is 5.69 Å². The number of hydrogen-bond acceptors (Lipinski definition) is 3. The number of thioether (sulfide) groups is 1. The van der Waals surface area contributed by atoms with Crippen LogP contribution in [-0.4, -0.2) is 24.9 Å². The molecule has 2 N–H and O–H groups in total. The van der Waals surface area contributed by atoms with Crippen molar-refractivity contribution in [2.45, 2.75) is 44.0 Å². The van der Waals surface area contributed by atoms with Crippen LogP contribution in [0.5, 0.6) is 0 Å². The lowest BCUT2D eigenvalue weighted by Crippen LogP contribution is -2.38. The van der Waals surface area contributed by atoms with Crippen LogP contribution in [0.15, 0.2) is 23.1 Å². The van der Waals surface area contributed by atoms with Gasteiger partial charge < -0.3 is 10.6 Å². The molecule has 1 atom stereocenters. The summed E-state index contributed by atoms with van der Waals surface area (Å²) in [5.74, 6) is 1.16. The number of rotatable bonds is 2. The maximum Gasteiger partial charge on any atom is 0.0505 e. The molecule has 0 radical (unpaired) electrons. The zero-order valence-electron chi connectivity index (χ0n) is 11.9. The molecule has 1 aliphatic heterocycles. The summed E-state index contributed by atoms with van der Waals surface area (Å²) in [7, 11) is 0. The van der Waals surface area contributed by atoms with Crippen LogP contribution >= 0.6 is 11.8 Å². The minimum atomic E-state index is 0.221. The maximum absolute atomic E-state index is 5.93. The average Bonchev–Trinajstić information content (AvgIpc) is 2.27. The van der Waals surface area contributed by atoms with E-state index in [4.69, 9.17) is 5.73 Å². The molecule has 0 aromatic heterocycles. The summed E-state index contributed by atoms with van der Waals surface area (Å²) in [6, 6.07) is 7.11. The molecular formula is C15H24N2S. The van der Waals surface area contributed by atoms with Crippen molar-refractivity contribution in [1.82, 2.24) is 0 Å². The topological polar surface area (TPSA) is 29.3 Å². The number of anilines is 1. The Morgan fingerprint density at radius 1 is 1.39 bits per heavy atom. The molecule has 1 aromatic carbocycles. The molecule has 0 fully saturated rings. The standard InChI is InChI=1S/C15H24N2S/c1-11(16)10-17-7-8-18-14-9-12(15(2,3)4)5-6-13(14)17/h5-6,9,11H,7-8,10,16H2,1-4H3. The normalized spacial score (nSPS) is 17.5. The second-order valence-electron chi connectivity index (χ2n) is 6.20. The average molecular weight is 264 g/mol. The van der Waals surface area contributed by atoms with Gasteiger partial charge in [0.1, 0.15) is 0 Å². The van der Waals surface area contributed by atoms with Gasteiger partial charge in [-0.25, -0.2) is 0 Å². The Balaban J connectivity index is 2.31. The third-order valence-corrected chi connectivity index (χ3v) is 4.32. The summed E-state index contributed by atoms with van der Waals surface area (Å²) in [6.45, 7) is 10.9. The zero-order chi connectivity index (χ0) is 13.3. The largest absolute Gasteiger partial charge is 0.368 e. The van der Waals surface area contributed by atoms with Crippen LogP contribution in [-0.2, 0) is 5.41 Å². The number of nitrogens with two attached hydrogens (primary N) is 1. The molecule has 0 bridgehead atoms. The first-order valence-corrected chi connectivity index (χ1v) is 7.64. The molecule has 1 unspecified atom stereocenters. The number of fused-ring (bicyclic) bond motifs is 1. The molecule has 1 aliphatic rings. The van der Waals surface area contributed by atoms with Gasteiger partial charge in [-0.2, -0.15) is 0 Å². The van der Waals surface area contributed by atoms with Crippen LogP contribution in [0.1, 0.15) is 33.3 Å². The zero-order valence-corrected chi connectivity index (χ0v) is 12.7. The number of hydrogen-bond donors (Lipinski definition) is 1. The van der Waals surface area contributed by atoms with Gasteiger partial charge in [-0.1, -0.05) is 26.8 Å². The van der Waals surface area contributed by atoms with E-state index in [-0.39, 0.29) is 11.5 Å². The Bertz CT molecular complexity index is 421. The Morgan fingerprint density at radius 3 is 2.72 bits per heavy atom. The third kappa shape index (κ3) is 3.01. The lowest BCUT2D eigenvalue weighted by molar-refractivity contribution is 0.588. The quantitative estimate of drug-likeness (QED) is 0.889. The lowest BCUT2D eigenvalue weighted by Gasteiger charge is -2.33. The molecule has 18 heavy (non-hydrogen) atoms. The van der Waals surface area contributed by atoms with Crippen molar-refractivity contribution in [3.63, 3.8) is 0 Å². The van der Waals surface area contributed by atoms with Gasteiger partial charge in [-0.15, -0.1) is 11.8 Å². The first-order valence-electron chi connectivity index (χ1n) is 6.66. The SMILES string of the molecule is CC(N)CN1CCSc2cc(C(C)(C)C)ccc21. The maximum atomic E-state index is 5.93. The van der Waals surface area contributed by atoms with Crippen LogP contribution in [0.25, 0.3) is 0 Å². The molecule has 0 amide bonds. The summed E-state index contributed by atoms with van der Waals surface area (Å²) >= 11 is 1.97. The van der Waals surface area contributed by atoms with E-state index in [1.54, 1.807) is 0 Å².